The largest absolute Gasteiger partial charge is 0.465 e. The van der Waals surface area contributed by atoms with Gasteiger partial charge in [0.05, 0.1) is 31.4 Å². The summed E-state index contributed by atoms with van der Waals surface area (Å²) in [6.45, 7) is 4.16. The molecule has 0 radical (unpaired) electrons. The highest BCUT2D eigenvalue weighted by atomic mass is 35.5. The van der Waals surface area contributed by atoms with Gasteiger partial charge in [-0.15, -0.1) is 11.3 Å². The smallest absolute Gasteiger partial charge is 0.407 e. The van der Waals surface area contributed by atoms with Crippen LogP contribution in [0, 0.1) is 0 Å². The number of thiazole rings is 1. The number of carboxylic acid groups (broad SMARTS) is 1. The van der Waals surface area contributed by atoms with E-state index in [0.717, 1.165) is 15.3 Å². The second kappa shape index (κ2) is 12.5. The number of anilines is 1. The SMILES string of the molecule is CCOC(=O)/C(C)=C/c1c(Cl)cc(C(=O)Nc2nc(-c3cc(Cl)cs3)c(C3=CCN(C(=O)O)CC3)s2)cc1Cl. The normalized spacial score (nSPS) is 13.7. The second-order valence-electron chi connectivity index (χ2n) is 8.39. The number of halogens is 3. The molecule has 1 aliphatic rings. The summed E-state index contributed by atoms with van der Waals surface area (Å²) in [6.07, 6.45) is 2.92. The quantitative estimate of drug-likeness (QED) is 0.204. The molecule has 13 heteroatoms. The Bertz CT molecular complexity index is 1490. The molecule has 0 bridgehead atoms. The van der Waals surface area contributed by atoms with Crippen molar-refractivity contribution in [3.8, 4) is 10.6 Å². The van der Waals surface area contributed by atoms with Crippen LogP contribution in [0.25, 0.3) is 22.2 Å². The maximum absolute atomic E-state index is 13.1. The Morgan fingerprint density at radius 1 is 1.21 bits per heavy atom. The molecule has 2 N–H and O–H groups in total. The highest BCUT2D eigenvalue weighted by Crippen LogP contribution is 2.41. The van der Waals surface area contributed by atoms with E-state index in [2.05, 4.69) is 10.3 Å². The molecule has 204 valence electrons. The van der Waals surface area contributed by atoms with E-state index < -0.39 is 18.0 Å². The molecule has 0 saturated carbocycles. The van der Waals surface area contributed by atoms with E-state index in [4.69, 9.17) is 39.5 Å². The van der Waals surface area contributed by atoms with Gasteiger partial charge in [0.15, 0.2) is 5.13 Å². The fourth-order valence-electron chi connectivity index (χ4n) is 3.79. The van der Waals surface area contributed by atoms with Crippen molar-refractivity contribution < 1.29 is 24.2 Å². The fourth-order valence-corrected chi connectivity index (χ4v) is 6.56. The summed E-state index contributed by atoms with van der Waals surface area (Å²) in [5.41, 5.74) is 2.53. The van der Waals surface area contributed by atoms with Crippen LogP contribution in [0.2, 0.25) is 15.1 Å². The van der Waals surface area contributed by atoms with Crippen LogP contribution in [0.1, 0.15) is 41.1 Å². The molecule has 0 unspecified atom stereocenters. The number of ether oxygens (including phenoxy) is 1. The van der Waals surface area contributed by atoms with Crippen molar-refractivity contribution in [1.29, 1.82) is 0 Å². The van der Waals surface area contributed by atoms with Crippen LogP contribution in [0.15, 0.2) is 35.2 Å². The average molecular weight is 627 g/mol. The molecule has 1 aliphatic heterocycles. The number of esters is 1. The molecule has 0 saturated heterocycles. The van der Waals surface area contributed by atoms with Gasteiger partial charge in [-0.3, -0.25) is 10.1 Å². The number of carbonyl (C=O) groups excluding carboxylic acids is 2. The average Bonchev–Trinajstić information content (AvgIpc) is 3.52. The predicted octanol–water partition coefficient (Wildman–Crippen LogP) is 7.82. The minimum absolute atomic E-state index is 0.195. The lowest BCUT2D eigenvalue weighted by Crippen LogP contribution is -2.33. The number of nitrogens with zero attached hydrogens (tertiary/aromatic N) is 2. The third-order valence-electron chi connectivity index (χ3n) is 5.72. The standard InChI is InChI=1S/C26H22Cl3N3O5S2/c1-3-37-24(34)13(2)8-17-18(28)9-15(10-19(17)29)23(33)31-25-30-21(20-11-16(27)12-38-20)22(39-25)14-4-6-32(7-5-14)26(35)36/h4,8-12H,3,5-7H2,1-2H3,(H,35,36)(H,30,31,33)/b13-8+. The number of nitrogens with one attached hydrogen (secondary N) is 1. The second-order valence-corrected chi connectivity index (χ2v) is 11.6. The van der Waals surface area contributed by atoms with Crippen LogP contribution >= 0.6 is 57.5 Å². The van der Waals surface area contributed by atoms with Crippen LogP contribution in [0.3, 0.4) is 0 Å². The third kappa shape index (κ3) is 6.82. The van der Waals surface area contributed by atoms with Crippen LogP contribution in [-0.4, -0.2) is 52.7 Å². The van der Waals surface area contributed by atoms with Gasteiger partial charge in [-0.05, 0) is 50.1 Å². The summed E-state index contributed by atoms with van der Waals surface area (Å²) in [5.74, 6) is -0.959. The minimum Gasteiger partial charge on any atom is -0.465 e. The first kappa shape index (κ1) is 29.1. The number of hydrogen-bond donors (Lipinski definition) is 2. The minimum atomic E-state index is -0.970. The summed E-state index contributed by atoms with van der Waals surface area (Å²) in [7, 11) is 0. The third-order valence-corrected chi connectivity index (χ3v) is 8.68. The first-order valence-electron chi connectivity index (χ1n) is 11.7. The summed E-state index contributed by atoms with van der Waals surface area (Å²) >= 11 is 21.7. The van der Waals surface area contributed by atoms with Gasteiger partial charge >= 0.3 is 12.1 Å². The summed E-state index contributed by atoms with van der Waals surface area (Å²) in [5, 5.41) is 15.2. The molecule has 8 nitrogen and oxygen atoms in total. The first-order valence-corrected chi connectivity index (χ1v) is 14.5. The van der Waals surface area contributed by atoms with Gasteiger partial charge in [0.25, 0.3) is 5.91 Å². The lowest BCUT2D eigenvalue weighted by molar-refractivity contribution is -0.138. The Hall–Kier alpha value is -2.89. The van der Waals surface area contributed by atoms with Crippen LogP contribution in [0.5, 0.6) is 0 Å². The molecule has 0 spiro atoms. The topological polar surface area (TPSA) is 109 Å². The van der Waals surface area contributed by atoms with Crippen LogP contribution in [0.4, 0.5) is 9.93 Å². The molecular formula is C26H22Cl3N3O5S2. The maximum Gasteiger partial charge on any atom is 0.407 e. The molecule has 3 aromatic rings. The zero-order valence-corrected chi connectivity index (χ0v) is 24.6. The fraction of sp³-hybridized carbons (Fsp3) is 0.231. The van der Waals surface area contributed by atoms with Crippen molar-refractivity contribution in [3.63, 3.8) is 0 Å². The number of hydrogen-bond acceptors (Lipinski definition) is 7. The van der Waals surface area contributed by atoms with Gasteiger partial charge < -0.3 is 14.7 Å². The lowest BCUT2D eigenvalue weighted by Gasteiger charge is -2.23. The van der Waals surface area contributed by atoms with Crippen molar-refractivity contribution in [3.05, 3.63) is 66.3 Å². The number of thiophene rings is 1. The number of benzene rings is 1. The van der Waals surface area contributed by atoms with E-state index in [-0.39, 0.29) is 28.8 Å². The summed E-state index contributed by atoms with van der Waals surface area (Å²) in [4.78, 5) is 44.1. The molecule has 1 aromatic carbocycles. The van der Waals surface area contributed by atoms with Crippen molar-refractivity contribution in [1.82, 2.24) is 9.88 Å². The number of amides is 2. The van der Waals surface area contributed by atoms with E-state index in [9.17, 15) is 19.5 Å². The van der Waals surface area contributed by atoms with E-state index in [1.165, 1.54) is 45.8 Å². The van der Waals surface area contributed by atoms with E-state index in [1.54, 1.807) is 25.3 Å². The zero-order valence-electron chi connectivity index (χ0n) is 20.7. The van der Waals surface area contributed by atoms with Gasteiger partial charge in [0, 0.05) is 35.2 Å². The molecular weight excluding hydrogens is 605 g/mol. The maximum atomic E-state index is 13.1. The Morgan fingerprint density at radius 2 is 1.92 bits per heavy atom. The van der Waals surface area contributed by atoms with E-state index in [1.807, 2.05) is 6.08 Å². The van der Waals surface area contributed by atoms with Gasteiger partial charge in [-0.25, -0.2) is 14.6 Å². The Balaban J connectivity index is 1.61. The molecule has 0 atom stereocenters. The molecule has 0 aliphatic carbocycles. The molecule has 0 fully saturated rings. The monoisotopic (exact) mass is 625 g/mol. The number of aromatic nitrogens is 1. The Morgan fingerprint density at radius 3 is 2.49 bits per heavy atom. The van der Waals surface area contributed by atoms with Crippen LogP contribution in [-0.2, 0) is 9.53 Å². The summed E-state index contributed by atoms with van der Waals surface area (Å²) < 4.78 is 4.99. The van der Waals surface area contributed by atoms with E-state index in [0.29, 0.717) is 40.0 Å². The van der Waals surface area contributed by atoms with Gasteiger partial charge in [-0.1, -0.05) is 52.2 Å². The molecule has 39 heavy (non-hydrogen) atoms. The van der Waals surface area contributed by atoms with Crippen molar-refractivity contribution >= 4 is 92.2 Å². The highest BCUT2D eigenvalue weighted by molar-refractivity contribution is 7.18. The molecule has 4 rings (SSSR count). The number of carbonyl (C=O) groups is 3. The number of rotatable bonds is 7. The van der Waals surface area contributed by atoms with Gasteiger partial charge in [-0.2, -0.15) is 0 Å². The Kier molecular flexibility index (Phi) is 9.35. The molecule has 2 amide bonds. The lowest BCUT2D eigenvalue weighted by atomic mass is 10.1. The van der Waals surface area contributed by atoms with E-state index >= 15 is 0 Å². The zero-order chi connectivity index (χ0) is 28.3. The highest BCUT2D eigenvalue weighted by Gasteiger charge is 2.24. The van der Waals surface area contributed by atoms with Gasteiger partial charge in [0.1, 0.15) is 5.69 Å². The molecule has 3 heterocycles. The van der Waals surface area contributed by atoms with Crippen LogP contribution < -0.4 is 5.32 Å². The van der Waals surface area contributed by atoms with Gasteiger partial charge in [0.2, 0.25) is 0 Å². The Labute approximate surface area is 247 Å². The first-order chi connectivity index (χ1) is 18.6. The van der Waals surface area contributed by atoms with Crippen molar-refractivity contribution in [2.24, 2.45) is 0 Å². The summed E-state index contributed by atoms with van der Waals surface area (Å²) in [6, 6.07) is 4.73. The predicted molar refractivity (Wildman–Crippen MR) is 157 cm³/mol. The molecule has 2 aromatic heterocycles. The van der Waals surface area contributed by atoms with Crippen molar-refractivity contribution in [2.45, 2.75) is 20.3 Å². The van der Waals surface area contributed by atoms with Crippen molar-refractivity contribution in [2.75, 3.05) is 25.0 Å².